The summed E-state index contributed by atoms with van der Waals surface area (Å²) in [6.45, 7) is 10.8. The number of ether oxygens (including phenoxy) is 1. The molecule has 0 aliphatic carbocycles. The summed E-state index contributed by atoms with van der Waals surface area (Å²) in [7, 11) is 1.62. The van der Waals surface area contributed by atoms with Crippen LogP contribution in [0.2, 0.25) is 0 Å². The fourth-order valence-corrected chi connectivity index (χ4v) is 4.05. The summed E-state index contributed by atoms with van der Waals surface area (Å²) in [5.41, 5.74) is 2.99. The second-order valence-electron chi connectivity index (χ2n) is 8.15. The number of hydrogen-bond acceptors (Lipinski definition) is 4. The molecule has 0 saturated carbocycles. The van der Waals surface area contributed by atoms with Crippen molar-refractivity contribution in [1.29, 1.82) is 0 Å². The molecule has 0 bridgehead atoms. The summed E-state index contributed by atoms with van der Waals surface area (Å²) in [5.74, 6) is 0.580. The Morgan fingerprint density at radius 1 is 1.16 bits per heavy atom. The molecule has 6 heteroatoms. The van der Waals surface area contributed by atoms with Crippen molar-refractivity contribution >= 4 is 11.8 Å². The van der Waals surface area contributed by atoms with Gasteiger partial charge in [-0.25, -0.2) is 0 Å². The summed E-state index contributed by atoms with van der Waals surface area (Å²) >= 11 is 0. The fraction of sp³-hybridized carbons (Fsp3) is 0.385. The second kappa shape index (κ2) is 11.0. The van der Waals surface area contributed by atoms with E-state index in [-0.39, 0.29) is 24.0 Å². The van der Waals surface area contributed by atoms with Gasteiger partial charge >= 0.3 is 0 Å². The molecule has 170 valence electrons. The first-order valence-electron chi connectivity index (χ1n) is 11.2. The topological polar surface area (TPSA) is 61.9 Å². The van der Waals surface area contributed by atoms with Crippen LogP contribution in [0.4, 0.5) is 0 Å². The highest BCUT2D eigenvalue weighted by Gasteiger charge is 2.28. The highest BCUT2D eigenvalue weighted by Crippen LogP contribution is 2.25. The van der Waals surface area contributed by atoms with Crippen LogP contribution in [0.25, 0.3) is 0 Å². The highest BCUT2D eigenvalue weighted by molar-refractivity contribution is 5.94. The first-order chi connectivity index (χ1) is 15.4. The maximum atomic E-state index is 12.1. The van der Waals surface area contributed by atoms with Gasteiger partial charge in [0.25, 0.3) is 5.91 Å². The van der Waals surface area contributed by atoms with Crippen molar-refractivity contribution in [1.82, 2.24) is 15.1 Å². The largest absolute Gasteiger partial charge is 0.484 e. The summed E-state index contributed by atoms with van der Waals surface area (Å²) in [6, 6.07) is 15.9. The standard InChI is InChI=1S/C26H33N3O3/c1-5-20-7-9-21(10-8-20)24(32-23-13-11-22(12-14-23)26(31)27-4)18-28-15-16-29(19(3)17-28)25(30)6-2/h6-14,19,24H,2,5,15-18H2,1,3-4H3,(H,27,31)/t19-,24?/m1/s1. The molecule has 3 rings (SSSR count). The number of nitrogens with one attached hydrogen (secondary N) is 1. The van der Waals surface area contributed by atoms with Crippen LogP contribution in [0.15, 0.2) is 61.2 Å². The summed E-state index contributed by atoms with van der Waals surface area (Å²) in [6.07, 6.45) is 2.21. The van der Waals surface area contributed by atoms with Gasteiger partial charge in [0.15, 0.2) is 0 Å². The number of hydrogen-bond donors (Lipinski definition) is 1. The van der Waals surface area contributed by atoms with E-state index >= 15 is 0 Å². The molecular formula is C26H33N3O3. The Bertz CT molecular complexity index is 924. The van der Waals surface area contributed by atoms with Gasteiger partial charge in [-0.05, 0) is 54.8 Å². The fourth-order valence-electron chi connectivity index (χ4n) is 4.05. The lowest BCUT2D eigenvalue weighted by Crippen LogP contribution is -2.54. The van der Waals surface area contributed by atoms with Crippen LogP contribution in [-0.4, -0.2) is 60.9 Å². The smallest absolute Gasteiger partial charge is 0.251 e. The zero-order valence-electron chi connectivity index (χ0n) is 19.2. The maximum Gasteiger partial charge on any atom is 0.251 e. The number of benzene rings is 2. The minimum Gasteiger partial charge on any atom is -0.484 e. The predicted molar refractivity (Wildman–Crippen MR) is 127 cm³/mol. The van der Waals surface area contributed by atoms with E-state index in [0.29, 0.717) is 18.7 Å². The van der Waals surface area contributed by atoms with Crippen molar-refractivity contribution < 1.29 is 14.3 Å². The Labute approximate surface area is 190 Å². The van der Waals surface area contributed by atoms with Gasteiger partial charge in [0.05, 0.1) is 0 Å². The molecule has 1 heterocycles. The molecule has 1 N–H and O–H groups in total. The number of nitrogens with zero attached hydrogens (tertiary/aromatic N) is 2. The molecule has 0 aromatic heterocycles. The number of rotatable bonds is 8. The zero-order valence-corrected chi connectivity index (χ0v) is 19.2. The Morgan fingerprint density at radius 2 is 1.84 bits per heavy atom. The van der Waals surface area contributed by atoms with E-state index in [0.717, 1.165) is 30.8 Å². The molecule has 2 amide bonds. The van der Waals surface area contributed by atoms with E-state index in [9.17, 15) is 9.59 Å². The number of aryl methyl sites for hydroxylation is 1. The van der Waals surface area contributed by atoms with E-state index in [1.165, 1.54) is 11.6 Å². The third-order valence-electron chi connectivity index (χ3n) is 5.97. The van der Waals surface area contributed by atoms with Crippen LogP contribution in [0.5, 0.6) is 5.75 Å². The first kappa shape index (κ1) is 23.5. The van der Waals surface area contributed by atoms with Crippen molar-refractivity contribution in [2.24, 2.45) is 0 Å². The third-order valence-corrected chi connectivity index (χ3v) is 5.97. The van der Waals surface area contributed by atoms with Gasteiger partial charge in [-0.1, -0.05) is 37.8 Å². The first-order valence-corrected chi connectivity index (χ1v) is 11.2. The molecule has 1 aliphatic rings. The summed E-state index contributed by atoms with van der Waals surface area (Å²) < 4.78 is 6.41. The lowest BCUT2D eigenvalue weighted by Gasteiger charge is -2.40. The predicted octanol–water partition coefficient (Wildman–Crippen LogP) is 3.45. The van der Waals surface area contributed by atoms with Gasteiger partial charge < -0.3 is 15.0 Å². The van der Waals surface area contributed by atoms with Crippen molar-refractivity contribution in [3.63, 3.8) is 0 Å². The van der Waals surface area contributed by atoms with Crippen LogP contribution >= 0.6 is 0 Å². The lowest BCUT2D eigenvalue weighted by atomic mass is 10.0. The summed E-state index contributed by atoms with van der Waals surface area (Å²) in [4.78, 5) is 28.1. The average molecular weight is 436 g/mol. The second-order valence-corrected chi connectivity index (χ2v) is 8.15. The molecule has 32 heavy (non-hydrogen) atoms. The van der Waals surface area contributed by atoms with Gasteiger partial charge in [-0.15, -0.1) is 0 Å². The minimum atomic E-state index is -0.166. The molecule has 0 radical (unpaired) electrons. The van der Waals surface area contributed by atoms with Gasteiger partial charge in [0.2, 0.25) is 5.91 Å². The molecule has 2 atom stereocenters. The molecule has 1 aliphatic heterocycles. The van der Waals surface area contributed by atoms with Gasteiger partial charge in [-0.2, -0.15) is 0 Å². The van der Waals surface area contributed by atoms with Crippen LogP contribution in [0.3, 0.4) is 0 Å². The van der Waals surface area contributed by atoms with Crippen LogP contribution < -0.4 is 10.1 Å². The monoisotopic (exact) mass is 435 g/mol. The summed E-state index contributed by atoms with van der Waals surface area (Å²) in [5, 5.41) is 2.63. The molecular weight excluding hydrogens is 402 g/mol. The van der Waals surface area contributed by atoms with E-state index in [4.69, 9.17) is 4.74 Å². The van der Waals surface area contributed by atoms with E-state index in [1.807, 2.05) is 17.0 Å². The molecule has 0 spiro atoms. The highest BCUT2D eigenvalue weighted by atomic mass is 16.5. The van der Waals surface area contributed by atoms with Crippen molar-refractivity contribution in [2.45, 2.75) is 32.4 Å². The maximum absolute atomic E-state index is 12.1. The van der Waals surface area contributed by atoms with E-state index in [1.54, 1.807) is 19.2 Å². The number of carbonyl (C=O) groups is 2. The van der Waals surface area contributed by atoms with Crippen LogP contribution in [-0.2, 0) is 11.2 Å². The lowest BCUT2D eigenvalue weighted by molar-refractivity contribution is -0.130. The van der Waals surface area contributed by atoms with E-state index in [2.05, 4.69) is 54.9 Å². The number of carbonyl (C=O) groups excluding carboxylic acids is 2. The van der Waals surface area contributed by atoms with Crippen molar-refractivity contribution in [2.75, 3.05) is 33.2 Å². The van der Waals surface area contributed by atoms with Crippen molar-refractivity contribution in [3.8, 4) is 5.75 Å². The Hall–Kier alpha value is -3.12. The molecule has 1 fully saturated rings. The van der Waals surface area contributed by atoms with E-state index < -0.39 is 0 Å². The number of amides is 2. The Kier molecular flexibility index (Phi) is 8.06. The molecule has 2 aromatic carbocycles. The molecule has 1 saturated heterocycles. The zero-order chi connectivity index (χ0) is 23.1. The normalized spacial score (nSPS) is 17.5. The van der Waals surface area contributed by atoms with Crippen molar-refractivity contribution in [3.05, 3.63) is 77.9 Å². The average Bonchev–Trinajstić information content (AvgIpc) is 2.83. The van der Waals surface area contributed by atoms with Gasteiger partial charge in [0, 0.05) is 44.8 Å². The van der Waals surface area contributed by atoms with Gasteiger partial charge in [-0.3, -0.25) is 14.5 Å². The van der Waals surface area contributed by atoms with Gasteiger partial charge in [0.1, 0.15) is 11.9 Å². The van der Waals surface area contributed by atoms with Crippen LogP contribution in [0.1, 0.15) is 41.4 Å². The molecule has 2 aromatic rings. The minimum absolute atomic E-state index is 0.0173. The molecule has 6 nitrogen and oxygen atoms in total. The SMILES string of the molecule is C=CC(=O)N1CCN(CC(Oc2ccc(C(=O)NC)cc2)c2ccc(CC)cc2)C[C@H]1C. The molecule has 1 unspecified atom stereocenters. The Balaban J connectivity index is 1.76. The quantitative estimate of drug-likeness (QED) is 0.645. The third kappa shape index (κ3) is 5.77. The number of piperazine rings is 1. The van der Waals surface area contributed by atoms with Crippen LogP contribution in [0, 0.1) is 0 Å². The Morgan fingerprint density at radius 3 is 2.41 bits per heavy atom.